The predicted molar refractivity (Wildman–Crippen MR) is 46.9 cm³/mol. The average molecular weight is 214 g/mol. The second kappa shape index (κ2) is 3.98. The molecule has 2 atom stereocenters. The Morgan fingerprint density at radius 2 is 2.07 bits per heavy atom. The number of fused-ring (bicyclic) bond motifs is 1. The first-order valence-corrected chi connectivity index (χ1v) is 4.34. The number of hydrogen-bond donors (Lipinski definition) is 2. The molecule has 1 aliphatic carbocycles. The third-order valence-corrected chi connectivity index (χ3v) is 2.70. The fourth-order valence-electron chi connectivity index (χ4n) is 1.94. The monoisotopic (exact) mass is 213 g/mol. The summed E-state index contributed by atoms with van der Waals surface area (Å²) in [7, 11) is 0. The third-order valence-electron chi connectivity index (χ3n) is 2.70. The van der Waals surface area contributed by atoms with Gasteiger partial charge in [0.2, 0.25) is 0 Å². The summed E-state index contributed by atoms with van der Waals surface area (Å²) in [5, 5.41) is 8.92. The van der Waals surface area contributed by atoms with Gasteiger partial charge in [-0.15, -0.1) is 0 Å². The Balaban J connectivity index is 0.000000980. The summed E-state index contributed by atoms with van der Waals surface area (Å²) in [6, 6.07) is 7.73. The van der Waals surface area contributed by atoms with E-state index in [0.717, 1.165) is 11.1 Å². The number of aliphatic carboxylic acids is 1. The van der Waals surface area contributed by atoms with E-state index in [-0.39, 0.29) is 24.4 Å². The number of quaternary nitrogens is 1. The highest BCUT2D eigenvalue weighted by atomic mass is 35.5. The number of benzene rings is 1. The minimum Gasteiger partial charge on any atom is -1.00 e. The Hall–Kier alpha value is -1.06. The quantitative estimate of drug-likeness (QED) is 0.531. The number of carboxylic acids is 1. The number of rotatable bonds is 1. The van der Waals surface area contributed by atoms with E-state index < -0.39 is 5.97 Å². The van der Waals surface area contributed by atoms with Crippen LogP contribution in [0.2, 0.25) is 0 Å². The van der Waals surface area contributed by atoms with E-state index in [1.807, 2.05) is 24.3 Å². The van der Waals surface area contributed by atoms with Crippen molar-refractivity contribution in [2.45, 2.75) is 12.5 Å². The molecule has 2 rings (SSSR count). The molecule has 3 nitrogen and oxygen atoms in total. The molecule has 0 spiro atoms. The lowest BCUT2D eigenvalue weighted by Crippen LogP contribution is -3.00. The van der Waals surface area contributed by atoms with E-state index in [1.54, 1.807) is 0 Å². The second-order valence-corrected chi connectivity index (χ2v) is 3.45. The zero-order valence-electron chi connectivity index (χ0n) is 7.61. The topological polar surface area (TPSA) is 64.9 Å². The van der Waals surface area contributed by atoms with Crippen LogP contribution in [0.1, 0.15) is 17.2 Å². The molecule has 0 unspecified atom stereocenters. The molecular weight excluding hydrogens is 202 g/mol. The fourth-order valence-corrected chi connectivity index (χ4v) is 1.94. The predicted octanol–water partition coefficient (Wildman–Crippen LogP) is -2.77. The first-order valence-electron chi connectivity index (χ1n) is 4.34. The van der Waals surface area contributed by atoms with Crippen LogP contribution in [0.15, 0.2) is 24.3 Å². The van der Waals surface area contributed by atoms with Gasteiger partial charge in [0, 0.05) is 5.56 Å². The van der Waals surface area contributed by atoms with Crippen LogP contribution in [0.3, 0.4) is 0 Å². The van der Waals surface area contributed by atoms with Gasteiger partial charge in [-0.05, 0) is 12.0 Å². The zero-order valence-corrected chi connectivity index (χ0v) is 8.37. The first kappa shape index (κ1) is 11.0. The Labute approximate surface area is 88.3 Å². The van der Waals surface area contributed by atoms with Gasteiger partial charge >= 0.3 is 5.97 Å². The molecular formula is C10H12ClNO2. The van der Waals surface area contributed by atoms with Gasteiger partial charge in [-0.2, -0.15) is 0 Å². The van der Waals surface area contributed by atoms with Gasteiger partial charge in [-0.3, -0.25) is 4.79 Å². The van der Waals surface area contributed by atoms with Crippen molar-refractivity contribution in [3.8, 4) is 0 Å². The smallest absolute Gasteiger partial charge is 0.313 e. The Kier molecular flexibility index (Phi) is 3.13. The maximum atomic E-state index is 10.8. The van der Waals surface area contributed by atoms with Gasteiger partial charge in [0.15, 0.2) is 0 Å². The molecule has 0 saturated carbocycles. The van der Waals surface area contributed by atoms with E-state index in [9.17, 15) is 4.79 Å². The normalized spacial score (nSPS) is 23.8. The summed E-state index contributed by atoms with van der Waals surface area (Å²) in [6.45, 7) is 0. The minimum atomic E-state index is -0.740. The summed E-state index contributed by atoms with van der Waals surface area (Å²) in [5.41, 5.74) is 6.13. The first-order chi connectivity index (χ1) is 6.20. The molecule has 0 heterocycles. The second-order valence-electron chi connectivity index (χ2n) is 3.45. The van der Waals surface area contributed by atoms with Crippen molar-refractivity contribution in [3.05, 3.63) is 35.4 Å². The molecule has 4 N–H and O–H groups in total. The SMILES string of the molecule is [Cl-].[NH3+][C@@H]1c2ccccc2C[C@H]1C(=O)O. The standard InChI is InChI=1S/C10H11NO2.ClH/c11-9-7-4-2-1-3-6(7)5-8(9)10(12)13;/h1-4,8-9H,5,11H2,(H,12,13);1H/t8-,9-;/m1./s1. The molecule has 76 valence electrons. The van der Waals surface area contributed by atoms with Gasteiger partial charge in [-0.25, -0.2) is 0 Å². The third kappa shape index (κ3) is 1.61. The van der Waals surface area contributed by atoms with E-state index >= 15 is 0 Å². The maximum absolute atomic E-state index is 10.8. The summed E-state index contributed by atoms with van der Waals surface area (Å²) in [5.74, 6) is -1.08. The van der Waals surface area contributed by atoms with E-state index in [1.165, 1.54) is 0 Å². The highest BCUT2D eigenvalue weighted by molar-refractivity contribution is 5.73. The van der Waals surface area contributed by atoms with Crippen molar-refractivity contribution >= 4 is 5.97 Å². The molecule has 1 aromatic rings. The molecule has 4 heteroatoms. The van der Waals surface area contributed by atoms with E-state index in [0.29, 0.717) is 6.42 Å². The summed E-state index contributed by atoms with van der Waals surface area (Å²) in [4.78, 5) is 10.8. The van der Waals surface area contributed by atoms with Crippen molar-refractivity contribution < 1.29 is 28.0 Å². The number of halogens is 1. The number of carbonyl (C=O) groups is 1. The van der Waals surface area contributed by atoms with Crippen LogP contribution < -0.4 is 18.1 Å². The lowest BCUT2D eigenvalue weighted by atomic mass is 10.0. The van der Waals surface area contributed by atoms with Crippen LogP contribution in [0.25, 0.3) is 0 Å². The largest absolute Gasteiger partial charge is 1.00 e. The maximum Gasteiger partial charge on any atom is 0.313 e. The van der Waals surface area contributed by atoms with Gasteiger partial charge in [0.05, 0.1) is 0 Å². The highest BCUT2D eigenvalue weighted by Gasteiger charge is 2.37. The van der Waals surface area contributed by atoms with Crippen LogP contribution in [-0.4, -0.2) is 11.1 Å². The van der Waals surface area contributed by atoms with Crippen molar-refractivity contribution in [1.29, 1.82) is 0 Å². The van der Waals surface area contributed by atoms with Crippen molar-refractivity contribution in [2.24, 2.45) is 5.92 Å². The van der Waals surface area contributed by atoms with Crippen molar-refractivity contribution in [3.63, 3.8) is 0 Å². The Morgan fingerprint density at radius 3 is 2.64 bits per heavy atom. The molecule has 1 aromatic carbocycles. The van der Waals surface area contributed by atoms with Gasteiger partial charge < -0.3 is 23.2 Å². The summed E-state index contributed by atoms with van der Waals surface area (Å²) in [6.07, 6.45) is 0.625. The van der Waals surface area contributed by atoms with Crippen LogP contribution >= 0.6 is 0 Å². The molecule has 0 fully saturated rings. The Bertz CT molecular complexity index is 354. The van der Waals surface area contributed by atoms with Crippen LogP contribution in [0, 0.1) is 5.92 Å². The highest BCUT2D eigenvalue weighted by Crippen LogP contribution is 2.32. The van der Waals surface area contributed by atoms with E-state index in [4.69, 9.17) is 5.11 Å². The average Bonchev–Trinajstić information content (AvgIpc) is 2.45. The molecule has 0 aromatic heterocycles. The number of hydrogen-bond acceptors (Lipinski definition) is 1. The van der Waals surface area contributed by atoms with Crippen molar-refractivity contribution in [1.82, 2.24) is 0 Å². The van der Waals surface area contributed by atoms with Gasteiger partial charge in [0.1, 0.15) is 12.0 Å². The van der Waals surface area contributed by atoms with Crippen LogP contribution in [0.4, 0.5) is 0 Å². The lowest BCUT2D eigenvalue weighted by Gasteiger charge is -2.06. The van der Waals surface area contributed by atoms with Crippen LogP contribution in [-0.2, 0) is 11.2 Å². The Morgan fingerprint density at radius 1 is 1.43 bits per heavy atom. The summed E-state index contributed by atoms with van der Waals surface area (Å²) >= 11 is 0. The van der Waals surface area contributed by atoms with E-state index in [2.05, 4.69) is 5.73 Å². The van der Waals surface area contributed by atoms with Crippen molar-refractivity contribution in [2.75, 3.05) is 0 Å². The number of carboxylic acid groups (broad SMARTS) is 1. The van der Waals surface area contributed by atoms with Crippen LogP contribution in [0.5, 0.6) is 0 Å². The molecule has 0 bridgehead atoms. The molecule has 1 aliphatic rings. The molecule has 0 amide bonds. The molecule has 14 heavy (non-hydrogen) atoms. The fraction of sp³-hybridized carbons (Fsp3) is 0.300. The molecule has 0 radical (unpaired) electrons. The molecule has 0 saturated heterocycles. The van der Waals surface area contributed by atoms with Gasteiger partial charge in [-0.1, -0.05) is 24.3 Å². The zero-order chi connectivity index (χ0) is 9.42. The summed E-state index contributed by atoms with van der Waals surface area (Å²) < 4.78 is 0. The van der Waals surface area contributed by atoms with Gasteiger partial charge in [0.25, 0.3) is 0 Å². The molecule has 0 aliphatic heterocycles. The lowest BCUT2D eigenvalue weighted by molar-refractivity contribution is -0.434. The minimum absolute atomic E-state index is 0.